The fourth-order valence-corrected chi connectivity index (χ4v) is 4.67. The number of phenolic OH excluding ortho intramolecular Hbond substituents is 1. The molecule has 3 aromatic carbocycles. The minimum Gasteiger partial charge on any atom is -0.506 e. The molecule has 0 aliphatic carbocycles. The minimum absolute atomic E-state index is 0.0243. The lowest BCUT2D eigenvalue weighted by Crippen LogP contribution is -2.40. The summed E-state index contributed by atoms with van der Waals surface area (Å²) in [6.45, 7) is 1.51. The number of phenols is 1. The fraction of sp³-hybridized carbons (Fsp3) is 0.233. The number of amides is 1. The molecule has 216 valence electrons. The van der Waals surface area contributed by atoms with Gasteiger partial charge in [0.1, 0.15) is 23.2 Å². The number of halogens is 2. The molecule has 1 aliphatic rings. The van der Waals surface area contributed by atoms with Crippen LogP contribution in [0, 0.1) is 11.6 Å². The molecule has 0 unspecified atom stereocenters. The first-order chi connectivity index (χ1) is 20.0. The van der Waals surface area contributed by atoms with Crippen LogP contribution in [0.25, 0.3) is 16.6 Å². The van der Waals surface area contributed by atoms with E-state index in [2.05, 4.69) is 10.5 Å². The van der Waals surface area contributed by atoms with Crippen LogP contribution < -0.4 is 10.9 Å². The van der Waals surface area contributed by atoms with E-state index in [0.717, 1.165) is 18.2 Å². The van der Waals surface area contributed by atoms with Crippen LogP contribution in [0.1, 0.15) is 44.0 Å². The number of aryl methyl sites for hydroxylation is 1. The highest BCUT2D eigenvalue weighted by Crippen LogP contribution is 2.31. The van der Waals surface area contributed by atoms with Crippen molar-refractivity contribution >= 4 is 34.2 Å². The SMILES string of the molecule is C[C@@]1(C(=O)Nc2cc(F)ccc2O)CC(c2ccc3c(=O)n(-c4ccc(F)cc4)c(CCCCC(=O)O)nc3c2)=NO1. The number of hydrogen-bond acceptors (Lipinski definition) is 7. The molecule has 5 rings (SSSR count). The average Bonchev–Trinajstić information content (AvgIpc) is 3.37. The normalized spacial score (nSPS) is 16.2. The van der Waals surface area contributed by atoms with Crippen LogP contribution in [-0.2, 0) is 20.8 Å². The fourth-order valence-electron chi connectivity index (χ4n) is 4.67. The Morgan fingerprint density at radius 3 is 2.52 bits per heavy atom. The molecule has 2 heterocycles. The Morgan fingerprint density at radius 2 is 1.79 bits per heavy atom. The summed E-state index contributed by atoms with van der Waals surface area (Å²) >= 11 is 0. The zero-order valence-electron chi connectivity index (χ0n) is 22.4. The van der Waals surface area contributed by atoms with Crippen LogP contribution in [0.5, 0.6) is 5.75 Å². The van der Waals surface area contributed by atoms with E-state index < -0.39 is 29.1 Å². The zero-order valence-corrected chi connectivity index (χ0v) is 22.4. The van der Waals surface area contributed by atoms with Gasteiger partial charge in [0.2, 0.25) is 5.60 Å². The van der Waals surface area contributed by atoms with Crippen molar-refractivity contribution in [2.75, 3.05) is 5.32 Å². The molecule has 0 saturated carbocycles. The maximum Gasteiger partial charge on any atom is 0.303 e. The van der Waals surface area contributed by atoms with E-state index in [4.69, 9.17) is 14.9 Å². The van der Waals surface area contributed by atoms with Crippen molar-refractivity contribution in [3.63, 3.8) is 0 Å². The molecule has 1 amide bonds. The van der Waals surface area contributed by atoms with E-state index in [9.17, 15) is 28.3 Å². The third-order valence-electron chi connectivity index (χ3n) is 6.95. The number of carboxylic acids is 1. The smallest absolute Gasteiger partial charge is 0.303 e. The summed E-state index contributed by atoms with van der Waals surface area (Å²) in [7, 11) is 0. The Bertz CT molecular complexity index is 1790. The Hall–Kier alpha value is -5.13. The molecule has 0 fully saturated rings. The predicted octanol–water partition coefficient (Wildman–Crippen LogP) is 4.69. The summed E-state index contributed by atoms with van der Waals surface area (Å²) in [5.41, 5.74) is -0.210. The van der Waals surface area contributed by atoms with Crippen LogP contribution in [-0.4, -0.2) is 43.0 Å². The van der Waals surface area contributed by atoms with Gasteiger partial charge in [-0.2, -0.15) is 0 Å². The standard InChI is InChI=1S/C30H26F2N4O6/c1-30(29(41)34-23-15-19(32)9-13-25(23)37)16-24(35-42-30)17-6-12-21-22(14-17)33-26(4-2-3-5-27(38)39)36(28(21)40)20-10-7-18(31)8-11-20/h6-15,37H,2-5,16H2,1H3,(H,34,41)(H,38,39)/t30-/m0/s1. The van der Waals surface area contributed by atoms with Crippen LogP contribution in [0.2, 0.25) is 0 Å². The van der Waals surface area contributed by atoms with Crippen LogP contribution in [0.3, 0.4) is 0 Å². The highest BCUT2D eigenvalue weighted by Gasteiger charge is 2.42. The van der Waals surface area contributed by atoms with Gasteiger partial charge in [-0.15, -0.1) is 0 Å². The number of carbonyl (C=O) groups is 2. The largest absolute Gasteiger partial charge is 0.506 e. The Labute approximate surface area is 237 Å². The number of aromatic nitrogens is 2. The summed E-state index contributed by atoms with van der Waals surface area (Å²) in [5, 5.41) is 25.8. The minimum atomic E-state index is -1.46. The van der Waals surface area contributed by atoms with Crippen molar-refractivity contribution in [1.29, 1.82) is 0 Å². The van der Waals surface area contributed by atoms with E-state index in [1.165, 1.54) is 35.8 Å². The van der Waals surface area contributed by atoms with Crippen molar-refractivity contribution in [2.45, 2.75) is 44.6 Å². The number of rotatable bonds is 9. The van der Waals surface area contributed by atoms with E-state index >= 15 is 0 Å². The molecule has 1 aliphatic heterocycles. The van der Waals surface area contributed by atoms with Gasteiger partial charge >= 0.3 is 5.97 Å². The van der Waals surface area contributed by atoms with E-state index in [1.54, 1.807) is 18.2 Å². The Morgan fingerprint density at radius 1 is 1.05 bits per heavy atom. The number of carboxylic acid groups (broad SMARTS) is 1. The first-order valence-electron chi connectivity index (χ1n) is 13.1. The van der Waals surface area contributed by atoms with Crippen molar-refractivity contribution in [3.8, 4) is 11.4 Å². The molecule has 12 heteroatoms. The second-order valence-electron chi connectivity index (χ2n) is 10.1. The molecule has 0 bridgehead atoms. The number of unbranched alkanes of at least 4 members (excludes halogenated alkanes) is 1. The zero-order chi connectivity index (χ0) is 30.0. The van der Waals surface area contributed by atoms with Gasteiger partial charge in [0.25, 0.3) is 11.5 Å². The number of hydrogen-bond donors (Lipinski definition) is 3. The molecule has 0 spiro atoms. The van der Waals surface area contributed by atoms with Gasteiger partial charge in [0.15, 0.2) is 0 Å². The van der Waals surface area contributed by atoms with E-state index in [-0.39, 0.29) is 29.8 Å². The maximum atomic E-state index is 13.6. The first kappa shape index (κ1) is 28.4. The van der Waals surface area contributed by atoms with Crippen molar-refractivity contribution in [3.05, 3.63) is 94.0 Å². The van der Waals surface area contributed by atoms with Crippen molar-refractivity contribution in [1.82, 2.24) is 9.55 Å². The number of benzene rings is 3. The van der Waals surface area contributed by atoms with Gasteiger partial charge in [-0.3, -0.25) is 19.0 Å². The monoisotopic (exact) mass is 576 g/mol. The maximum absolute atomic E-state index is 13.6. The topological polar surface area (TPSA) is 143 Å². The number of aromatic hydroxyl groups is 1. The second-order valence-corrected chi connectivity index (χ2v) is 10.1. The number of nitrogens with one attached hydrogen (secondary N) is 1. The Balaban J connectivity index is 1.44. The van der Waals surface area contributed by atoms with Crippen LogP contribution in [0.15, 0.2) is 70.6 Å². The average molecular weight is 577 g/mol. The highest BCUT2D eigenvalue weighted by molar-refractivity contribution is 6.09. The molecule has 0 saturated heterocycles. The lowest BCUT2D eigenvalue weighted by molar-refractivity contribution is -0.137. The lowest BCUT2D eigenvalue weighted by Gasteiger charge is -2.20. The molecular weight excluding hydrogens is 550 g/mol. The van der Waals surface area contributed by atoms with Crippen molar-refractivity contribution in [2.24, 2.45) is 5.16 Å². The first-order valence-corrected chi connectivity index (χ1v) is 13.1. The molecule has 10 nitrogen and oxygen atoms in total. The third kappa shape index (κ3) is 5.82. The van der Waals surface area contributed by atoms with Gasteiger partial charge < -0.3 is 20.4 Å². The van der Waals surface area contributed by atoms with Crippen LogP contribution >= 0.6 is 0 Å². The van der Waals surface area contributed by atoms with Gasteiger partial charge in [0.05, 0.1) is 28.0 Å². The second kappa shape index (κ2) is 11.4. The van der Waals surface area contributed by atoms with Gasteiger partial charge in [0, 0.05) is 30.9 Å². The van der Waals surface area contributed by atoms with E-state index in [0.29, 0.717) is 53.0 Å². The van der Waals surface area contributed by atoms with Gasteiger partial charge in [-0.1, -0.05) is 11.2 Å². The van der Waals surface area contributed by atoms with Gasteiger partial charge in [-0.25, -0.2) is 13.8 Å². The molecule has 1 aromatic heterocycles. The Kier molecular flexibility index (Phi) is 7.70. The van der Waals surface area contributed by atoms with Crippen LogP contribution in [0.4, 0.5) is 14.5 Å². The van der Waals surface area contributed by atoms with Gasteiger partial charge in [-0.05, 0) is 68.3 Å². The number of fused-ring (bicyclic) bond motifs is 1. The molecule has 1 atom stereocenters. The molecular formula is C30H26F2N4O6. The molecule has 0 radical (unpaired) electrons. The predicted molar refractivity (Wildman–Crippen MR) is 150 cm³/mol. The summed E-state index contributed by atoms with van der Waals surface area (Å²) < 4.78 is 28.6. The number of carbonyl (C=O) groups excluding carboxylic acids is 1. The highest BCUT2D eigenvalue weighted by atomic mass is 19.1. The molecule has 4 aromatic rings. The lowest BCUT2D eigenvalue weighted by atomic mass is 9.94. The number of aliphatic carboxylic acids is 1. The summed E-state index contributed by atoms with van der Waals surface area (Å²) in [4.78, 5) is 47.7. The number of anilines is 1. The number of oxime groups is 1. The third-order valence-corrected chi connectivity index (χ3v) is 6.95. The molecule has 42 heavy (non-hydrogen) atoms. The summed E-state index contributed by atoms with van der Waals surface area (Å²) in [5.74, 6) is -2.59. The van der Waals surface area contributed by atoms with Crippen molar-refractivity contribution < 1.29 is 33.4 Å². The van der Waals surface area contributed by atoms with E-state index in [1.807, 2.05) is 0 Å². The quantitative estimate of drug-likeness (QED) is 0.194. The summed E-state index contributed by atoms with van der Waals surface area (Å²) in [6.07, 6.45) is 1.16. The number of nitrogens with zero attached hydrogens (tertiary/aromatic N) is 3. The summed E-state index contributed by atoms with van der Waals surface area (Å²) in [6, 6.07) is 13.5. The molecule has 3 N–H and O–H groups in total.